The molecule has 1 amide bonds. The van der Waals surface area contributed by atoms with Gasteiger partial charge in [0, 0.05) is 42.3 Å². The summed E-state index contributed by atoms with van der Waals surface area (Å²) >= 11 is 7.60. The van der Waals surface area contributed by atoms with Gasteiger partial charge < -0.3 is 15.0 Å². The number of aromatic nitrogens is 2. The van der Waals surface area contributed by atoms with Crippen molar-refractivity contribution in [2.24, 2.45) is 0 Å². The fraction of sp³-hybridized carbons (Fsp3) is 0.261. The Hall–Kier alpha value is -2.94. The maximum atomic E-state index is 12.8. The van der Waals surface area contributed by atoms with E-state index in [0.29, 0.717) is 10.2 Å². The number of hydrogen-bond donors (Lipinski definition) is 1. The topological polar surface area (TPSA) is 76.5 Å². The lowest BCUT2D eigenvalue weighted by Gasteiger charge is -2.28. The molecule has 0 unspecified atom stereocenters. The minimum atomic E-state index is -0.194. The van der Waals surface area contributed by atoms with E-state index in [-0.39, 0.29) is 18.2 Å². The number of halogens is 1. The minimum Gasteiger partial charge on any atom is -0.378 e. The highest BCUT2D eigenvalue weighted by Crippen LogP contribution is 2.31. The van der Waals surface area contributed by atoms with Crippen LogP contribution in [0.2, 0.25) is 5.02 Å². The Morgan fingerprint density at radius 2 is 2.00 bits per heavy atom. The molecule has 5 rings (SSSR count). The molecule has 32 heavy (non-hydrogen) atoms. The number of fused-ring (bicyclic) bond motifs is 2. The second-order valence-corrected chi connectivity index (χ2v) is 9.17. The van der Waals surface area contributed by atoms with E-state index in [1.54, 1.807) is 29.0 Å². The van der Waals surface area contributed by atoms with Crippen molar-refractivity contribution in [3.8, 4) is 0 Å². The van der Waals surface area contributed by atoms with Crippen LogP contribution >= 0.6 is 22.9 Å². The second kappa shape index (κ2) is 8.54. The van der Waals surface area contributed by atoms with Crippen LogP contribution in [-0.4, -0.2) is 47.7 Å². The lowest BCUT2D eigenvalue weighted by molar-refractivity contribution is -0.115. The summed E-state index contributed by atoms with van der Waals surface area (Å²) in [6, 6.07) is 11.5. The summed E-state index contributed by atoms with van der Waals surface area (Å²) < 4.78 is 7.99. The number of rotatable bonds is 4. The van der Waals surface area contributed by atoms with Crippen molar-refractivity contribution in [1.29, 1.82) is 0 Å². The standard InChI is InChI=1S/C23H21ClN4O3S/c1-14(29)28-13-15(18-11-16(24)2-5-20(18)28)10-22(30)26-23-25-19-4-3-17(12-21(19)32-23)27-6-8-31-9-7-27/h2-5,11-13H,6-10H2,1H3,(H,25,26,30). The molecule has 2 aromatic carbocycles. The number of nitrogens with zero attached hydrogens (tertiary/aromatic N) is 3. The van der Waals surface area contributed by atoms with Crippen LogP contribution in [0.4, 0.5) is 10.8 Å². The third kappa shape index (κ3) is 4.09. The Kier molecular flexibility index (Phi) is 5.58. The number of amides is 1. The number of anilines is 2. The van der Waals surface area contributed by atoms with Crippen molar-refractivity contribution >= 4 is 66.7 Å². The quantitative estimate of drug-likeness (QED) is 0.474. The highest BCUT2D eigenvalue weighted by Gasteiger charge is 2.17. The number of hydrogen-bond acceptors (Lipinski definition) is 6. The predicted molar refractivity (Wildman–Crippen MR) is 128 cm³/mol. The molecular weight excluding hydrogens is 448 g/mol. The summed E-state index contributed by atoms with van der Waals surface area (Å²) in [4.78, 5) is 31.6. The fourth-order valence-corrected chi connectivity index (χ4v) is 5.08. The predicted octanol–water partition coefficient (Wildman–Crippen LogP) is 4.58. The van der Waals surface area contributed by atoms with E-state index in [2.05, 4.69) is 27.3 Å². The Morgan fingerprint density at radius 3 is 2.78 bits per heavy atom. The average molecular weight is 469 g/mol. The molecule has 1 saturated heterocycles. The molecule has 1 aliphatic heterocycles. The van der Waals surface area contributed by atoms with Crippen LogP contribution in [0.1, 0.15) is 17.3 Å². The van der Waals surface area contributed by atoms with Crippen LogP contribution < -0.4 is 10.2 Å². The summed E-state index contributed by atoms with van der Waals surface area (Å²) in [5.74, 6) is -0.314. The van der Waals surface area contributed by atoms with Gasteiger partial charge in [0.2, 0.25) is 11.8 Å². The third-order valence-corrected chi connectivity index (χ3v) is 6.70. The van der Waals surface area contributed by atoms with Crippen molar-refractivity contribution in [2.75, 3.05) is 36.5 Å². The fourth-order valence-electron chi connectivity index (χ4n) is 3.99. The molecular formula is C23H21ClN4O3S. The molecule has 9 heteroatoms. The van der Waals surface area contributed by atoms with Crippen LogP contribution in [-0.2, 0) is 16.0 Å². The Morgan fingerprint density at radius 1 is 1.19 bits per heavy atom. The van der Waals surface area contributed by atoms with Gasteiger partial charge in [-0.15, -0.1) is 0 Å². The summed E-state index contributed by atoms with van der Waals surface area (Å²) in [5, 5.41) is 4.81. The van der Waals surface area contributed by atoms with Crippen molar-refractivity contribution in [3.05, 3.63) is 53.2 Å². The number of thiazole rings is 1. The largest absolute Gasteiger partial charge is 0.378 e. The Labute approximate surface area is 193 Å². The van der Waals surface area contributed by atoms with E-state index in [1.165, 1.54) is 18.3 Å². The van der Waals surface area contributed by atoms with E-state index in [0.717, 1.165) is 58.7 Å². The zero-order valence-corrected chi connectivity index (χ0v) is 19.0. The SMILES string of the molecule is CC(=O)n1cc(CC(=O)Nc2nc3ccc(N4CCOCC4)cc3s2)c2cc(Cl)ccc21. The lowest BCUT2D eigenvalue weighted by atomic mass is 10.1. The first-order chi connectivity index (χ1) is 15.5. The Balaban J connectivity index is 1.36. The molecule has 0 saturated carbocycles. The first kappa shape index (κ1) is 20.9. The number of carbonyl (C=O) groups is 2. The smallest absolute Gasteiger partial charge is 0.230 e. The zero-order valence-electron chi connectivity index (χ0n) is 17.4. The molecule has 0 atom stereocenters. The number of morpholine rings is 1. The molecule has 7 nitrogen and oxygen atoms in total. The van der Waals surface area contributed by atoms with Gasteiger partial charge in [-0.25, -0.2) is 4.98 Å². The molecule has 1 N–H and O–H groups in total. The van der Waals surface area contributed by atoms with Gasteiger partial charge in [-0.2, -0.15) is 0 Å². The van der Waals surface area contributed by atoms with Crippen LogP contribution in [0.25, 0.3) is 21.1 Å². The molecule has 164 valence electrons. The maximum absolute atomic E-state index is 12.8. The van der Waals surface area contributed by atoms with Crippen molar-refractivity contribution in [1.82, 2.24) is 9.55 Å². The van der Waals surface area contributed by atoms with E-state index < -0.39 is 0 Å². The average Bonchev–Trinajstić information content (AvgIpc) is 3.34. The molecule has 0 aliphatic carbocycles. The highest BCUT2D eigenvalue weighted by molar-refractivity contribution is 7.22. The number of nitrogens with one attached hydrogen (secondary N) is 1. The van der Waals surface area contributed by atoms with Gasteiger partial charge in [0.05, 0.1) is 35.4 Å². The van der Waals surface area contributed by atoms with Gasteiger partial charge in [0.15, 0.2) is 5.13 Å². The molecule has 4 aromatic rings. The van der Waals surface area contributed by atoms with E-state index in [1.807, 2.05) is 6.07 Å². The second-order valence-electron chi connectivity index (χ2n) is 7.70. The van der Waals surface area contributed by atoms with Gasteiger partial charge in [-0.3, -0.25) is 14.2 Å². The van der Waals surface area contributed by atoms with Crippen LogP contribution in [0.3, 0.4) is 0 Å². The monoisotopic (exact) mass is 468 g/mol. The lowest BCUT2D eigenvalue weighted by Crippen LogP contribution is -2.36. The molecule has 2 aromatic heterocycles. The summed E-state index contributed by atoms with van der Waals surface area (Å²) in [7, 11) is 0. The summed E-state index contributed by atoms with van der Waals surface area (Å²) in [5.41, 5.74) is 3.46. The highest BCUT2D eigenvalue weighted by atomic mass is 35.5. The molecule has 0 radical (unpaired) electrons. The van der Waals surface area contributed by atoms with Gasteiger partial charge >= 0.3 is 0 Å². The first-order valence-corrected chi connectivity index (χ1v) is 11.5. The zero-order chi connectivity index (χ0) is 22.2. The number of ether oxygens (including phenoxy) is 1. The third-order valence-electron chi connectivity index (χ3n) is 5.53. The number of benzene rings is 2. The molecule has 1 aliphatic rings. The van der Waals surface area contributed by atoms with Crippen molar-refractivity contribution in [2.45, 2.75) is 13.3 Å². The molecule has 0 bridgehead atoms. The Bertz CT molecular complexity index is 1340. The van der Waals surface area contributed by atoms with Crippen LogP contribution in [0, 0.1) is 0 Å². The maximum Gasteiger partial charge on any atom is 0.230 e. The van der Waals surface area contributed by atoms with Crippen molar-refractivity contribution < 1.29 is 14.3 Å². The molecule has 0 spiro atoms. The number of carbonyl (C=O) groups excluding carboxylic acids is 2. The molecule has 1 fully saturated rings. The van der Waals surface area contributed by atoms with Gasteiger partial charge in [0.1, 0.15) is 0 Å². The van der Waals surface area contributed by atoms with E-state index in [4.69, 9.17) is 16.3 Å². The van der Waals surface area contributed by atoms with Crippen molar-refractivity contribution in [3.63, 3.8) is 0 Å². The van der Waals surface area contributed by atoms with Gasteiger partial charge in [-0.05, 0) is 42.0 Å². The van der Waals surface area contributed by atoms with E-state index >= 15 is 0 Å². The van der Waals surface area contributed by atoms with Crippen LogP contribution in [0.15, 0.2) is 42.6 Å². The van der Waals surface area contributed by atoms with E-state index in [9.17, 15) is 9.59 Å². The molecule has 3 heterocycles. The first-order valence-electron chi connectivity index (χ1n) is 10.3. The van der Waals surface area contributed by atoms with Gasteiger partial charge in [0.25, 0.3) is 0 Å². The summed E-state index contributed by atoms with van der Waals surface area (Å²) in [6.07, 6.45) is 1.82. The summed E-state index contributed by atoms with van der Waals surface area (Å²) in [6.45, 7) is 4.68. The van der Waals surface area contributed by atoms with Gasteiger partial charge in [-0.1, -0.05) is 22.9 Å². The normalized spacial score (nSPS) is 14.2. The van der Waals surface area contributed by atoms with Crippen LogP contribution in [0.5, 0.6) is 0 Å². The minimum absolute atomic E-state index is 0.117.